The third-order valence-corrected chi connectivity index (χ3v) is 2.07. The molecule has 0 aromatic rings. The monoisotopic (exact) mass is 217 g/mol. The van der Waals surface area contributed by atoms with E-state index in [0.717, 1.165) is 13.0 Å². The predicted octanol–water partition coefficient (Wildman–Crippen LogP) is 0.106. The Morgan fingerprint density at radius 3 is 2.43 bits per heavy atom. The van der Waals surface area contributed by atoms with Gasteiger partial charge in [-0.25, -0.2) is 0 Å². The molecule has 14 heavy (non-hydrogen) atoms. The molecule has 0 spiro atoms. The van der Waals surface area contributed by atoms with E-state index in [0.29, 0.717) is 18.1 Å². The highest BCUT2D eigenvalue weighted by Gasteiger charge is 2.14. The summed E-state index contributed by atoms with van der Waals surface area (Å²) < 4.78 is 0. The highest BCUT2D eigenvalue weighted by atomic mass is 32.1. The molecule has 0 radical (unpaired) electrons. The van der Waals surface area contributed by atoms with Gasteiger partial charge < -0.3 is 11.5 Å². The minimum Gasteiger partial charge on any atom is -0.392 e. The van der Waals surface area contributed by atoms with Gasteiger partial charge in [0.25, 0.3) is 0 Å². The summed E-state index contributed by atoms with van der Waals surface area (Å²) in [7, 11) is 0. The maximum Gasteiger partial charge on any atom is 0.221 e. The van der Waals surface area contributed by atoms with Gasteiger partial charge in [0.1, 0.15) is 0 Å². The first-order chi connectivity index (χ1) is 6.47. The minimum atomic E-state index is -0.283. The van der Waals surface area contributed by atoms with E-state index in [-0.39, 0.29) is 11.8 Å². The summed E-state index contributed by atoms with van der Waals surface area (Å²) in [5, 5.41) is 0. The van der Waals surface area contributed by atoms with Crippen LogP contribution in [0.3, 0.4) is 0 Å². The molecule has 4 N–H and O–H groups in total. The summed E-state index contributed by atoms with van der Waals surface area (Å²) in [6, 6.07) is 0. The van der Waals surface area contributed by atoms with Gasteiger partial charge in [0.15, 0.2) is 0 Å². The molecule has 82 valence electrons. The van der Waals surface area contributed by atoms with E-state index in [1.165, 1.54) is 0 Å². The summed E-state index contributed by atoms with van der Waals surface area (Å²) in [5.74, 6) is -0.440. The zero-order chi connectivity index (χ0) is 11.1. The maximum absolute atomic E-state index is 10.9. The number of hydrogen-bond acceptors (Lipinski definition) is 3. The molecule has 0 saturated carbocycles. The maximum atomic E-state index is 10.9. The number of nitrogens with zero attached hydrogens (tertiary/aromatic N) is 1. The van der Waals surface area contributed by atoms with Gasteiger partial charge in [0.05, 0.1) is 4.99 Å². The molecule has 1 atom stereocenters. The molecule has 0 aliphatic heterocycles. The molecule has 0 rings (SSSR count). The van der Waals surface area contributed by atoms with E-state index in [1.54, 1.807) is 0 Å². The molecule has 0 aromatic heterocycles. The zero-order valence-electron chi connectivity index (χ0n) is 8.82. The molecule has 0 aliphatic rings. The van der Waals surface area contributed by atoms with E-state index >= 15 is 0 Å². The molecular formula is C9H19N3OS. The molecule has 0 saturated heterocycles. The summed E-state index contributed by atoms with van der Waals surface area (Å²) in [6.07, 6.45) is 1.01. The average Bonchev–Trinajstić information content (AvgIpc) is 2.02. The largest absolute Gasteiger partial charge is 0.392 e. The lowest BCUT2D eigenvalue weighted by Crippen LogP contribution is -2.39. The van der Waals surface area contributed by atoms with Crippen LogP contribution in [-0.2, 0) is 4.79 Å². The molecule has 0 heterocycles. The van der Waals surface area contributed by atoms with Gasteiger partial charge in [-0.05, 0) is 13.0 Å². The normalized spacial score (nSPS) is 12.8. The summed E-state index contributed by atoms with van der Waals surface area (Å²) in [4.78, 5) is 13.4. The van der Waals surface area contributed by atoms with Crippen molar-refractivity contribution < 1.29 is 4.79 Å². The van der Waals surface area contributed by atoms with Crippen LogP contribution in [0.2, 0.25) is 0 Å². The Hall–Kier alpha value is -0.680. The van der Waals surface area contributed by atoms with E-state index in [2.05, 4.69) is 11.8 Å². The molecule has 0 bridgehead atoms. The van der Waals surface area contributed by atoms with Crippen LogP contribution in [0.1, 0.15) is 20.3 Å². The predicted molar refractivity (Wildman–Crippen MR) is 61.9 cm³/mol. The van der Waals surface area contributed by atoms with Crippen LogP contribution in [0.4, 0.5) is 0 Å². The number of carbonyl (C=O) groups excluding carboxylic acids is 1. The zero-order valence-corrected chi connectivity index (χ0v) is 9.64. The molecule has 0 fully saturated rings. The van der Waals surface area contributed by atoms with Crippen LogP contribution in [0.5, 0.6) is 0 Å². The fraction of sp³-hybridized carbons (Fsp3) is 0.778. The SMILES string of the molecule is CCCN(CC(N)=S)CC(C)C(N)=O. The van der Waals surface area contributed by atoms with Crippen LogP contribution in [-0.4, -0.2) is 35.4 Å². The van der Waals surface area contributed by atoms with Crippen molar-refractivity contribution in [1.29, 1.82) is 0 Å². The summed E-state index contributed by atoms with van der Waals surface area (Å²) in [6.45, 7) is 5.95. The van der Waals surface area contributed by atoms with Crippen molar-refractivity contribution in [2.24, 2.45) is 17.4 Å². The van der Waals surface area contributed by atoms with Crippen molar-refractivity contribution in [1.82, 2.24) is 4.90 Å². The summed E-state index contributed by atoms with van der Waals surface area (Å²) >= 11 is 4.82. The van der Waals surface area contributed by atoms with Crippen LogP contribution < -0.4 is 11.5 Å². The van der Waals surface area contributed by atoms with Gasteiger partial charge in [-0.3, -0.25) is 9.69 Å². The van der Waals surface area contributed by atoms with E-state index < -0.39 is 0 Å². The van der Waals surface area contributed by atoms with Crippen molar-refractivity contribution in [3.63, 3.8) is 0 Å². The van der Waals surface area contributed by atoms with Gasteiger partial charge in [0, 0.05) is 19.0 Å². The first kappa shape index (κ1) is 13.3. The van der Waals surface area contributed by atoms with Gasteiger partial charge in [-0.2, -0.15) is 0 Å². The van der Waals surface area contributed by atoms with Crippen LogP contribution in [0, 0.1) is 5.92 Å². The van der Waals surface area contributed by atoms with Crippen molar-refractivity contribution in [3.8, 4) is 0 Å². The van der Waals surface area contributed by atoms with Gasteiger partial charge >= 0.3 is 0 Å². The lowest BCUT2D eigenvalue weighted by Gasteiger charge is -2.23. The lowest BCUT2D eigenvalue weighted by molar-refractivity contribution is -0.121. The molecule has 5 heteroatoms. The smallest absolute Gasteiger partial charge is 0.221 e. The number of nitrogens with two attached hydrogens (primary N) is 2. The molecule has 1 unspecified atom stereocenters. The second-order valence-electron chi connectivity index (χ2n) is 3.50. The molecule has 0 aromatic carbocycles. The van der Waals surface area contributed by atoms with Gasteiger partial charge in [-0.15, -0.1) is 0 Å². The third-order valence-electron chi connectivity index (χ3n) is 1.94. The van der Waals surface area contributed by atoms with E-state index in [1.807, 2.05) is 6.92 Å². The quantitative estimate of drug-likeness (QED) is 0.594. The Bertz CT molecular complexity index is 208. The first-order valence-corrected chi connectivity index (χ1v) is 5.18. The second kappa shape index (κ2) is 6.73. The number of hydrogen-bond donors (Lipinski definition) is 2. The Balaban J connectivity index is 4.07. The first-order valence-electron chi connectivity index (χ1n) is 4.77. The average molecular weight is 217 g/mol. The van der Waals surface area contributed by atoms with E-state index in [4.69, 9.17) is 23.7 Å². The number of rotatable bonds is 7. The minimum absolute atomic E-state index is 0.157. The number of thiocarbonyl (C=S) groups is 1. The third kappa shape index (κ3) is 5.88. The van der Waals surface area contributed by atoms with Gasteiger partial charge in [0.2, 0.25) is 5.91 Å². The highest BCUT2D eigenvalue weighted by Crippen LogP contribution is 2.00. The highest BCUT2D eigenvalue weighted by molar-refractivity contribution is 7.80. The fourth-order valence-corrected chi connectivity index (χ4v) is 1.43. The Kier molecular flexibility index (Phi) is 6.40. The van der Waals surface area contributed by atoms with Crippen molar-refractivity contribution >= 4 is 23.1 Å². The second-order valence-corrected chi connectivity index (χ2v) is 4.03. The molecule has 0 aliphatic carbocycles. The van der Waals surface area contributed by atoms with Crippen molar-refractivity contribution in [3.05, 3.63) is 0 Å². The topological polar surface area (TPSA) is 72.3 Å². The van der Waals surface area contributed by atoms with Gasteiger partial charge in [-0.1, -0.05) is 26.1 Å². The number of carbonyl (C=O) groups is 1. The summed E-state index contributed by atoms with van der Waals surface area (Å²) in [5.41, 5.74) is 10.6. The Labute approximate surface area is 90.6 Å². The number of primary amides is 1. The van der Waals surface area contributed by atoms with Crippen molar-refractivity contribution in [2.75, 3.05) is 19.6 Å². The fourth-order valence-electron chi connectivity index (χ4n) is 1.25. The number of amides is 1. The van der Waals surface area contributed by atoms with Crippen LogP contribution in [0.25, 0.3) is 0 Å². The Morgan fingerprint density at radius 1 is 1.50 bits per heavy atom. The lowest BCUT2D eigenvalue weighted by atomic mass is 10.1. The van der Waals surface area contributed by atoms with Crippen LogP contribution >= 0.6 is 12.2 Å². The van der Waals surface area contributed by atoms with Crippen molar-refractivity contribution in [2.45, 2.75) is 20.3 Å². The molecule has 4 nitrogen and oxygen atoms in total. The van der Waals surface area contributed by atoms with E-state index in [9.17, 15) is 4.79 Å². The standard InChI is InChI=1S/C9H19N3OS/c1-3-4-12(6-8(10)14)5-7(2)9(11)13/h7H,3-6H2,1-2H3,(H2,10,14)(H2,11,13). The Morgan fingerprint density at radius 2 is 2.07 bits per heavy atom. The van der Waals surface area contributed by atoms with Crippen LogP contribution in [0.15, 0.2) is 0 Å². The molecule has 1 amide bonds. The molecular weight excluding hydrogens is 198 g/mol.